The Morgan fingerprint density at radius 1 is 1.05 bits per heavy atom. The molecule has 0 bridgehead atoms. The average molecular weight is 257 g/mol. The standard InChI is InChI=1S/C14H19N5/c1-19(11-8-6-10(15)7-9-11)14-16-12-4-2-3-5-13(12)17-18-14/h2-5,10-11H,6-9,15H2,1H3. The molecule has 1 aliphatic rings. The normalized spacial score (nSPS) is 23.5. The van der Waals surface area contributed by atoms with Gasteiger partial charge in [0, 0.05) is 19.1 Å². The summed E-state index contributed by atoms with van der Waals surface area (Å²) in [7, 11) is 2.05. The molecule has 0 spiro atoms. The molecular formula is C14H19N5. The first-order chi connectivity index (χ1) is 9.24. The second kappa shape index (κ2) is 5.09. The molecule has 0 aliphatic heterocycles. The van der Waals surface area contributed by atoms with Crippen molar-refractivity contribution in [1.29, 1.82) is 0 Å². The van der Waals surface area contributed by atoms with Gasteiger partial charge in [-0.05, 0) is 37.8 Å². The van der Waals surface area contributed by atoms with E-state index in [2.05, 4.69) is 20.1 Å². The maximum atomic E-state index is 5.95. The molecule has 0 unspecified atom stereocenters. The van der Waals surface area contributed by atoms with Crippen LogP contribution < -0.4 is 10.6 Å². The lowest BCUT2D eigenvalue weighted by molar-refractivity contribution is 0.382. The zero-order valence-corrected chi connectivity index (χ0v) is 11.2. The molecule has 5 nitrogen and oxygen atoms in total. The third kappa shape index (κ3) is 2.51. The summed E-state index contributed by atoms with van der Waals surface area (Å²) in [5, 5.41) is 8.47. The van der Waals surface area contributed by atoms with Gasteiger partial charge in [-0.15, -0.1) is 10.2 Å². The molecule has 3 rings (SSSR count). The van der Waals surface area contributed by atoms with E-state index in [0.717, 1.165) is 36.7 Å². The Morgan fingerprint density at radius 3 is 2.47 bits per heavy atom. The van der Waals surface area contributed by atoms with Crippen LogP contribution in [0, 0.1) is 0 Å². The van der Waals surface area contributed by atoms with Crippen LogP contribution in [0.2, 0.25) is 0 Å². The van der Waals surface area contributed by atoms with Gasteiger partial charge in [-0.1, -0.05) is 12.1 Å². The average Bonchev–Trinajstić information content (AvgIpc) is 2.47. The highest BCUT2D eigenvalue weighted by atomic mass is 15.3. The minimum Gasteiger partial charge on any atom is -0.340 e. The topological polar surface area (TPSA) is 67.9 Å². The summed E-state index contributed by atoms with van der Waals surface area (Å²) in [6, 6.07) is 8.66. The number of nitrogens with two attached hydrogens (primary N) is 1. The maximum Gasteiger partial charge on any atom is 0.245 e. The number of rotatable bonds is 2. The van der Waals surface area contributed by atoms with Crippen LogP contribution in [-0.2, 0) is 0 Å². The van der Waals surface area contributed by atoms with Gasteiger partial charge in [0.05, 0.1) is 5.52 Å². The SMILES string of the molecule is CN(c1nnc2ccccc2n1)C1CCC(N)CC1. The van der Waals surface area contributed by atoms with Crippen LogP contribution in [0.4, 0.5) is 5.95 Å². The van der Waals surface area contributed by atoms with Gasteiger partial charge in [0.2, 0.25) is 5.95 Å². The molecule has 19 heavy (non-hydrogen) atoms. The summed E-state index contributed by atoms with van der Waals surface area (Å²) in [4.78, 5) is 6.73. The first kappa shape index (κ1) is 12.3. The molecule has 5 heteroatoms. The van der Waals surface area contributed by atoms with Crippen LogP contribution in [0.1, 0.15) is 25.7 Å². The van der Waals surface area contributed by atoms with Gasteiger partial charge in [0.15, 0.2) is 0 Å². The van der Waals surface area contributed by atoms with Crippen molar-refractivity contribution in [1.82, 2.24) is 15.2 Å². The lowest BCUT2D eigenvalue weighted by Gasteiger charge is -2.33. The number of para-hydroxylation sites is 1. The predicted octanol–water partition coefficient (Wildman–Crippen LogP) is 1.73. The van der Waals surface area contributed by atoms with E-state index in [1.54, 1.807) is 0 Å². The molecule has 100 valence electrons. The van der Waals surface area contributed by atoms with Crippen LogP contribution in [0.25, 0.3) is 11.0 Å². The number of nitrogens with zero attached hydrogens (tertiary/aromatic N) is 4. The minimum absolute atomic E-state index is 0.361. The molecule has 1 aliphatic carbocycles. The van der Waals surface area contributed by atoms with Crippen LogP contribution >= 0.6 is 0 Å². The Morgan fingerprint density at radius 2 is 1.74 bits per heavy atom. The van der Waals surface area contributed by atoms with E-state index in [-0.39, 0.29) is 0 Å². The third-order valence-electron chi connectivity index (χ3n) is 3.95. The zero-order chi connectivity index (χ0) is 13.2. The number of hydrogen-bond donors (Lipinski definition) is 1. The number of anilines is 1. The first-order valence-corrected chi connectivity index (χ1v) is 6.82. The molecule has 0 saturated heterocycles. The second-order valence-electron chi connectivity index (χ2n) is 5.28. The lowest BCUT2D eigenvalue weighted by atomic mass is 9.91. The first-order valence-electron chi connectivity index (χ1n) is 6.82. The molecule has 0 amide bonds. The van der Waals surface area contributed by atoms with Crippen LogP contribution in [0.3, 0.4) is 0 Å². The van der Waals surface area contributed by atoms with E-state index >= 15 is 0 Å². The Balaban J connectivity index is 1.83. The fourth-order valence-corrected chi connectivity index (χ4v) is 2.67. The Hall–Kier alpha value is -1.75. The Kier molecular flexibility index (Phi) is 3.29. The van der Waals surface area contributed by atoms with Crippen molar-refractivity contribution in [2.24, 2.45) is 5.73 Å². The van der Waals surface area contributed by atoms with Crippen molar-refractivity contribution in [3.63, 3.8) is 0 Å². The smallest absolute Gasteiger partial charge is 0.245 e. The summed E-state index contributed by atoms with van der Waals surface area (Å²) in [6.45, 7) is 0. The van der Waals surface area contributed by atoms with Gasteiger partial charge in [0.25, 0.3) is 0 Å². The largest absolute Gasteiger partial charge is 0.340 e. The number of benzene rings is 1. The van der Waals surface area contributed by atoms with Crippen molar-refractivity contribution in [3.05, 3.63) is 24.3 Å². The van der Waals surface area contributed by atoms with E-state index in [1.165, 1.54) is 0 Å². The molecule has 2 N–H and O–H groups in total. The minimum atomic E-state index is 0.361. The maximum absolute atomic E-state index is 5.95. The molecule has 1 aromatic heterocycles. The molecule has 0 atom stereocenters. The van der Waals surface area contributed by atoms with Crippen LogP contribution in [0.15, 0.2) is 24.3 Å². The number of fused-ring (bicyclic) bond motifs is 1. The monoisotopic (exact) mass is 257 g/mol. The molecule has 0 radical (unpaired) electrons. The fraction of sp³-hybridized carbons (Fsp3) is 0.500. The van der Waals surface area contributed by atoms with Crippen molar-refractivity contribution < 1.29 is 0 Å². The van der Waals surface area contributed by atoms with Crippen molar-refractivity contribution in [2.45, 2.75) is 37.8 Å². The summed E-state index contributed by atoms with van der Waals surface area (Å²) >= 11 is 0. The lowest BCUT2D eigenvalue weighted by Crippen LogP contribution is -2.39. The van der Waals surface area contributed by atoms with Gasteiger partial charge in [0.1, 0.15) is 5.52 Å². The van der Waals surface area contributed by atoms with E-state index in [1.807, 2.05) is 31.3 Å². The predicted molar refractivity (Wildman–Crippen MR) is 76.0 cm³/mol. The summed E-state index contributed by atoms with van der Waals surface area (Å²) in [5.41, 5.74) is 7.68. The van der Waals surface area contributed by atoms with E-state index < -0.39 is 0 Å². The summed E-state index contributed by atoms with van der Waals surface area (Å²) in [5.74, 6) is 0.708. The van der Waals surface area contributed by atoms with Gasteiger partial charge >= 0.3 is 0 Å². The van der Waals surface area contributed by atoms with Crippen molar-refractivity contribution in [2.75, 3.05) is 11.9 Å². The number of hydrogen-bond acceptors (Lipinski definition) is 5. The molecule has 1 heterocycles. The van der Waals surface area contributed by atoms with Crippen LogP contribution in [0.5, 0.6) is 0 Å². The highest BCUT2D eigenvalue weighted by Gasteiger charge is 2.23. The number of aromatic nitrogens is 3. The highest BCUT2D eigenvalue weighted by molar-refractivity contribution is 5.74. The second-order valence-corrected chi connectivity index (χ2v) is 5.28. The zero-order valence-electron chi connectivity index (χ0n) is 11.2. The third-order valence-corrected chi connectivity index (χ3v) is 3.95. The van der Waals surface area contributed by atoms with E-state index in [9.17, 15) is 0 Å². The van der Waals surface area contributed by atoms with Gasteiger partial charge in [-0.2, -0.15) is 0 Å². The quantitative estimate of drug-likeness (QED) is 0.887. The van der Waals surface area contributed by atoms with E-state index in [4.69, 9.17) is 5.73 Å². The highest BCUT2D eigenvalue weighted by Crippen LogP contribution is 2.24. The van der Waals surface area contributed by atoms with Crippen LogP contribution in [-0.4, -0.2) is 34.3 Å². The van der Waals surface area contributed by atoms with Crippen molar-refractivity contribution >= 4 is 17.0 Å². The Labute approximate surface area is 112 Å². The molecule has 1 fully saturated rings. The summed E-state index contributed by atoms with van der Waals surface area (Å²) < 4.78 is 0. The van der Waals surface area contributed by atoms with E-state index in [0.29, 0.717) is 18.0 Å². The Bertz CT molecular complexity index is 563. The molecule has 2 aromatic rings. The van der Waals surface area contributed by atoms with Crippen molar-refractivity contribution in [3.8, 4) is 0 Å². The molecular weight excluding hydrogens is 238 g/mol. The molecule has 1 aromatic carbocycles. The van der Waals surface area contributed by atoms with Gasteiger partial charge in [-0.25, -0.2) is 4.98 Å². The fourth-order valence-electron chi connectivity index (χ4n) is 2.67. The van der Waals surface area contributed by atoms with Gasteiger partial charge < -0.3 is 10.6 Å². The summed E-state index contributed by atoms with van der Waals surface area (Å²) in [6.07, 6.45) is 4.37. The van der Waals surface area contributed by atoms with Gasteiger partial charge in [-0.3, -0.25) is 0 Å². The molecule has 1 saturated carbocycles.